The highest BCUT2D eigenvalue weighted by Gasteiger charge is 2.51. The Hall–Kier alpha value is -2.47. The highest BCUT2D eigenvalue weighted by atomic mass is 35.5. The number of hydrogen-bond donors (Lipinski definition) is 0. The van der Waals surface area contributed by atoms with Crippen molar-refractivity contribution in [1.82, 2.24) is 4.90 Å². The standard InChI is InChI=1S/C28H32ClNO3Si/c1-17-7-20(4)26-23(10-17)13-30-14-24-11-18(2)8-21(5)27(24)32-34(16-29,31-26)33-28-22(6)9-19(3)12-25(28)15-30/h7-12H,13-16H2,1-6H3. The van der Waals surface area contributed by atoms with Crippen LogP contribution in [0.25, 0.3) is 0 Å². The minimum atomic E-state index is -3.44. The van der Waals surface area contributed by atoms with E-state index >= 15 is 0 Å². The second-order valence-electron chi connectivity index (χ2n) is 9.98. The van der Waals surface area contributed by atoms with Crippen molar-refractivity contribution < 1.29 is 13.3 Å². The van der Waals surface area contributed by atoms with Gasteiger partial charge in [-0.3, -0.25) is 4.90 Å². The molecule has 0 fully saturated rings. The van der Waals surface area contributed by atoms with Gasteiger partial charge in [-0.25, -0.2) is 0 Å². The third kappa shape index (κ3) is 4.21. The first-order valence-electron chi connectivity index (χ1n) is 11.8. The third-order valence-corrected chi connectivity index (χ3v) is 9.46. The maximum atomic E-state index is 6.84. The van der Waals surface area contributed by atoms with Gasteiger partial charge in [0, 0.05) is 36.3 Å². The van der Waals surface area contributed by atoms with Crippen molar-refractivity contribution in [3.63, 3.8) is 0 Å². The molecule has 3 aliphatic rings. The maximum Gasteiger partial charge on any atom is 0.715 e. The van der Waals surface area contributed by atoms with Gasteiger partial charge in [0.2, 0.25) is 0 Å². The van der Waals surface area contributed by atoms with Crippen molar-refractivity contribution in [1.29, 1.82) is 0 Å². The van der Waals surface area contributed by atoms with Crippen molar-refractivity contribution in [3.05, 3.63) is 86.5 Å². The highest BCUT2D eigenvalue weighted by Crippen LogP contribution is 2.40. The first kappa shape index (κ1) is 23.3. The summed E-state index contributed by atoms with van der Waals surface area (Å²) in [4.78, 5) is 2.46. The number of rotatable bonds is 1. The average Bonchev–Trinajstić information content (AvgIpc) is 2.74. The molecule has 0 saturated heterocycles. The Bertz CT molecular complexity index is 1140. The molecular weight excluding hydrogens is 462 g/mol. The molecule has 0 aliphatic carbocycles. The first-order valence-corrected chi connectivity index (χ1v) is 14.3. The van der Waals surface area contributed by atoms with Gasteiger partial charge in [-0.2, -0.15) is 0 Å². The van der Waals surface area contributed by atoms with Crippen LogP contribution in [-0.4, -0.2) is 19.2 Å². The molecule has 0 saturated carbocycles. The van der Waals surface area contributed by atoms with Crippen molar-refractivity contribution >= 4 is 20.4 Å². The molecule has 0 radical (unpaired) electrons. The summed E-state index contributed by atoms with van der Waals surface area (Å²) in [6.07, 6.45) is 0. The molecule has 6 heteroatoms. The molecule has 0 N–H and O–H groups in total. The lowest BCUT2D eigenvalue weighted by Crippen LogP contribution is -2.58. The topological polar surface area (TPSA) is 30.9 Å². The minimum Gasteiger partial charge on any atom is -0.482 e. The van der Waals surface area contributed by atoms with E-state index in [1.54, 1.807) is 0 Å². The number of benzene rings is 3. The minimum absolute atomic E-state index is 0.142. The lowest BCUT2D eigenvalue weighted by Gasteiger charge is -2.37. The first-order chi connectivity index (χ1) is 16.2. The Kier molecular flexibility index (Phi) is 5.91. The fraction of sp³-hybridized carbons (Fsp3) is 0.357. The van der Waals surface area contributed by atoms with Crippen molar-refractivity contribution in [2.24, 2.45) is 0 Å². The molecule has 0 spiro atoms. The normalized spacial score (nSPS) is 21.1. The summed E-state index contributed by atoms with van der Waals surface area (Å²) in [7, 11) is -3.44. The van der Waals surface area contributed by atoms with Crippen LogP contribution in [0.15, 0.2) is 36.4 Å². The summed E-state index contributed by atoms with van der Waals surface area (Å²) in [5.41, 5.74) is 10.5. The Morgan fingerprint density at radius 2 is 0.941 bits per heavy atom. The van der Waals surface area contributed by atoms with Crippen LogP contribution in [0.3, 0.4) is 0 Å². The van der Waals surface area contributed by atoms with Gasteiger partial charge >= 0.3 is 8.80 Å². The fourth-order valence-corrected chi connectivity index (χ4v) is 8.01. The third-order valence-electron chi connectivity index (χ3n) is 6.61. The zero-order valence-electron chi connectivity index (χ0n) is 20.8. The molecule has 4 nitrogen and oxygen atoms in total. The van der Waals surface area contributed by atoms with E-state index in [4.69, 9.17) is 24.9 Å². The van der Waals surface area contributed by atoms with Crippen LogP contribution in [0.5, 0.6) is 17.2 Å². The lowest BCUT2D eigenvalue weighted by atomic mass is 10.0. The summed E-state index contributed by atoms with van der Waals surface area (Å²) >= 11 is 6.73. The predicted octanol–water partition coefficient (Wildman–Crippen LogP) is 6.62. The quantitative estimate of drug-likeness (QED) is 0.281. The van der Waals surface area contributed by atoms with Gasteiger partial charge in [0.15, 0.2) is 0 Å². The van der Waals surface area contributed by atoms with Crippen LogP contribution in [-0.2, 0) is 19.6 Å². The molecule has 0 aromatic heterocycles. The van der Waals surface area contributed by atoms with Gasteiger partial charge < -0.3 is 13.3 Å². The number of aryl methyl sites for hydroxylation is 6. The van der Waals surface area contributed by atoms with E-state index in [-0.39, 0.29) is 5.50 Å². The number of halogens is 1. The Morgan fingerprint density at radius 3 is 1.24 bits per heavy atom. The summed E-state index contributed by atoms with van der Waals surface area (Å²) in [6.45, 7) is 15.0. The van der Waals surface area contributed by atoms with Crippen LogP contribution in [0.1, 0.15) is 50.1 Å². The van der Waals surface area contributed by atoms with Gasteiger partial charge in [-0.05, 0) is 58.2 Å². The lowest BCUT2D eigenvalue weighted by molar-refractivity contribution is 0.208. The van der Waals surface area contributed by atoms with Gasteiger partial charge in [-0.1, -0.05) is 53.1 Å². The number of nitrogens with zero attached hydrogens (tertiary/aromatic N) is 1. The molecule has 0 atom stereocenters. The molecule has 0 unspecified atom stereocenters. The second kappa shape index (κ2) is 8.63. The summed E-state index contributed by atoms with van der Waals surface area (Å²) in [5.74, 6) is 2.51. The smallest absolute Gasteiger partial charge is 0.482 e. The van der Waals surface area contributed by atoms with Crippen molar-refractivity contribution in [3.8, 4) is 17.2 Å². The van der Waals surface area contributed by atoms with Crippen LogP contribution >= 0.6 is 11.6 Å². The Balaban J connectivity index is 1.80. The van der Waals surface area contributed by atoms with E-state index in [2.05, 4.69) is 82.8 Å². The Morgan fingerprint density at radius 1 is 0.618 bits per heavy atom. The van der Waals surface area contributed by atoms with E-state index in [9.17, 15) is 0 Å². The molecule has 0 amide bonds. The molecule has 3 heterocycles. The van der Waals surface area contributed by atoms with Crippen LogP contribution in [0.2, 0.25) is 0 Å². The fourth-order valence-electron chi connectivity index (χ4n) is 5.42. The van der Waals surface area contributed by atoms with E-state index in [1.165, 1.54) is 16.7 Å². The second-order valence-corrected chi connectivity index (χ2v) is 13.0. The molecule has 3 aromatic carbocycles. The molecule has 34 heavy (non-hydrogen) atoms. The Labute approximate surface area is 208 Å². The van der Waals surface area contributed by atoms with E-state index in [1.807, 2.05) is 0 Å². The summed E-state index contributed by atoms with van der Waals surface area (Å²) in [6, 6.07) is 13.1. The van der Waals surface area contributed by atoms with Gasteiger partial charge in [0.1, 0.15) is 22.8 Å². The van der Waals surface area contributed by atoms with E-state index in [0.29, 0.717) is 0 Å². The maximum absolute atomic E-state index is 6.84. The monoisotopic (exact) mass is 493 g/mol. The number of hydrogen-bond acceptors (Lipinski definition) is 4. The SMILES string of the molecule is Cc1cc(C)c2c(c1)CN1Cc3cc(C)cc(C)c3O[Si](CCl)(O2)Oc2c(C)cc(C)cc2C1. The predicted molar refractivity (Wildman–Crippen MR) is 139 cm³/mol. The van der Waals surface area contributed by atoms with Crippen LogP contribution < -0.4 is 13.3 Å². The molecule has 2 bridgehead atoms. The zero-order valence-corrected chi connectivity index (χ0v) is 22.6. The van der Waals surface area contributed by atoms with Gasteiger partial charge in [0.05, 0.1) is 0 Å². The average molecular weight is 494 g/mol. The van der Waals surface area contributed by atoms with E-state index < -0.39 is 8.80 Å². The largest absolute Gasteiger partial charge is 0.715 e. The summed E-state index contributed by atoms with van der Waals surface area (Å²) < 4.78 is 20.5. The molecular formula is C28H32ClNO3Si. The summed E-state index contributed by atoms with van der Waals surface area (Å²) in [5, 5.41) is 0. The molecule has 3 aromatic rings. The van der Waals surface area contributed by atoms with Crippen LogP contribution in [0.4, 0.5) is 0 Å². The zero-order chi connectivity index (χ0) is 24.2. The van der Waals surface area contributed by atoms with E-state index in [0.717, 1.165) is 70.3 Å². The molecule has 178 valence electrons. The number of alkyl halides is 1. The highest BCUT2D eigenvalue weighted by molar-refractivity contribution is 6.71. The van der Waals surface area contributed by atoms with Crippen LogP contribution in [0, 0.1) is 41.5 Å². The molecule has 6 rings (SSSR count). The molecule has 3 aliphatic heterocycles. The van der Waals surface area contributed by atoms with Gasteiger partial charge in [-0.15, -0.1) is 11.6 Å². The van der Waals surface area contributed by atoms with Crippen molar-refractivity contribution in [2.75, 3.05) is 5.50 Å². The van der Waals surface area contributed by atoms with Gasteiger partial charge in [0.25, 0.3) is 0 Å². The van der Waals surface area contributed by atoms with Crippen molar-refractivity contribution in [2.45, 2.75) is 61.2 Å².